The minimum atomic E-state index is -0.686. The van der Waals surface area contributed by atoms with E-state index in [-0.39, 0.29) is 5.97 Å². The van der Waals surface area contributed by atoms with Crippen molar-refractivity contribution in [2.75, 3.05) is 7.11 Å². The molecule has 0 aromatic heterocycles. The number of fused-ring (bicyclic) bond motifs is 3. The van der Waals surface area contributed by atoms with Crippen LogP contribution in [0.2, 0.25) is 0 Å². The molecule has 0 saturated heterocycles. The van der Waals surface area contributed by atoms with Gasteiger partial charge in [0.15, 0.2) is 0 Å². The molecule has 1 aliphatic carbocycles. The average Bonchev–Trinajstić information content (AvgIpc) is 3.16. The van der Waals surface area contributed by atoms with E-state index < -0.39 is 11.6 Å². The zero-order valence-electron chi connectivity index (χ0n) is 18.3. The number of nitrogens with one attached hydrogen (secondary N) is 1. The Hall–Kier alpha value is -3.21. The molecule has 3 nitrogen and oxygen atoms in total. The van der Waals surface area contributed by atoms with Crippen LogP contribution in [0.5, 0.6) is 0 Å². The van der Waals surface area contributed by atoms with Gasteiger partial charge in [-0.2, -0.15) is 0 Å². The van der Waals surface area contributed by atoms with E-state index in [1.165, 1.54) is 18.2 Å². The van der Waals surface area contributed by atoms with Crippen molar-refractivity contribution in [3.05, 3.63) is 130 Å². The standard InChI is InChI=1S/C29H24BrNO2/c1-33-28(32)27(19-20-11-5-10-18-26(20)30)31-29(21-12-3-2-4-13-21)24-16-8-6-14-22(24)23-15-7-9-17-25(23)29/h2-18,27,31H,19H2,1H3. The van der Waals surface area contributed by atoms with Crippen LogP contribution in [-0.4, -0.2) is 19.1 Å². The maximum atomic E-state index is 13.1. The average molecular weight is 498 g/mol. The Kier molecular flexibility index (Phi) is 5.88. The summed E-state index contributed by atoms with van der Waals surface area (Å²) in [6.45, 7) is 0. The molecule has 1 aliphatic rings. The van der Waals surface area contributed by atoms with Gasteiger partial charge in [0.1, 0.15) is 6.04 Å². The molecule has 4 aromatic rings. The number of methoxy groups -OCH3 is 1. The summed E-state index contributed by atoms with van der Waals surface area (Å²) in [6.07, 6.45) is 0.493. The summed E-state index contributed by atoms with van der Waals surface area (Å²) in [6, 6.07) is 34.7. The van der Waals surface area contributed by atoms with Crippen LogP contribution in [0.4, 0.5) is 0 Å². The van der Waals surface area contributed by atoms with E-state index in [4.69, 9.17) is 4.74 Å². The zero-order valence-corrected chi connectivity index (χ0v) is 19.9. The van der Waals surface area contributed by atoms with Gasteiger partial charge in [-0.25, -0.2) is 0 Å². The monoisotopic (exact) mass is 497 g/mol. The van der Waals surface area contributed by atoms with Crippen molar-refractivity contribution in [2.45, 2.75) is 18.0 Å². The van der Waals surface area contributed by atoms with Crippen molar-refractivity contribution in [3.8, 4) is 11.1 Å². The summed E-state index contributed by atoms with van der Waals surface area (Å²) < 4.78 is 6.25. The lowest BCUT2D eigenvalue weighted by molar-refractivity contribution is -0.143. The third-order valence-corrected chi connectivity index (χ3v) is 7.19. The fourth-order valence-corrected chi connectivity index (χ4v) is 5.40. The molecule has 4 aromatic carbocycles. The number of ether oxygens (including phenoxy) is 1. The van der Waals surface area contributed by atoms with E-state index >= 15 is 0 Å². The maximum absolute atomic E-state index is 13.1. The van der Waals surface area contributed by atoms with Gasteiger partial charge in [0.2, 0.25) is 0 Å². The van der Waals surface area contributed by atoms with Crippen LogP contribution >= 0.6 is 15.9 Å². The molecular weight excluding hydrogens is 474 g/mol. The first-order valence-electron chi connectivity index (χ1n) is 11.0. The Labute approximate surface area is 202 Å². The predicted octanol–water partition coefficient (Wildman–Crippen LogP) is 6.10. The van der Waals surface area contributed by atoms with Crippen LogP contribution in [0.3, 0.4) is 0 Å². The summed E-state index contributed by atoms with van der Waals surface area (Å²) in [4.78, 5) is 13.1. The number of hydrogen-bond donors (Lipinski definition) is 1. The van der Waals surface area contributed by atoms with E-state index in [9.17, 15) is 4.79 Å². The molecule has 1 N–H and O–H groups in total. The molecule has 33 heavy (non-hydrogen) atoms. The van der Waals surface area contributed by atoms with Crippen molar-refractivity contribution >= 4 is 21.9 Å². The molecule has 0 fully saturated rings. The molecule has 5 rings (SSSR count). The Morgan fingerprint density at radius 2 is 1.36 bits per heavy atom. The minimum Gasteiger partial charge on any atom is -0.468 e. The number of halogens is 1. The van der Waals surface area contributed by atoms with Gasteiger partial charge in [-0.15, -0.1) is 0 Å². The van der Waals surface area contributed by atoms with Gasteiger partial charge < -0.3 is 4.74 Å². The number of esters is 1. The van der Waals surface area contributed by atoms with E-state index in [0.29, 0.717) is 6.42 Å². The highest BCUT2D eigenvalue weighted by atomic mass is 79.9. The molecule has 0 saturated carbocycles. The van der Waals surface area contributed by atoms with Gasteiger partial charge in [-0.1, -0.05) is 113 Å². The molecule has 0 amide bonds. The van der Waals surface area contributed by atoms with Gasteiger partial charge in [0.25, 0.3) is 0 Å². The highest BCUT2D eigenvalue weighted by molar-refractivity contribution is 9.10. The Morgan fingerprint density at radius 1 is 0.818 bits per heavy atom. The van der Waals surface area contributed by atoms with Crippen molar-refractivity contribution in [1.29, 1.82) is 0 Å². The first-order chi connectivity index (χ1) is 16.1. The Bertz CT molecular complexity index is 1260. The van der Waals surface area contributed by atoms with Gasteiger partial charge in [-0.3, -0.25) is 10.1 Å². The van der Waals surface area contributed by atoms with Gasteiger partial charge in [0, 0.05) is 4.47 Å². The van der Waals surface area contributed by atoms with Crippen molar-refractivity contribution in [2.24, 2.45) is 0 Å². The fourth-order valence-electron chi connectivity index (χ4n) is 4.95. The van der Waals surface area contributed by atoms with Crippen LogP contribution in [0.15, 0.2) is 108 Å². The molecule has 0 spiro atoms. The smallest absolute Gasteiger partial charge is 0.323 e. The van der Waals surface area contributed by atoms with Crippen molar-refractivity contribution < 1.29 is 9.53 Å². The molecular formula is C29H24BrNO2. The van der Waals surface area contributed by atoms with Crippen molar-refractivity contribution in [3.63, 3.8) is 0 Å². The summed E-state index contributed by atoms with van der Waals surface area (Å²) in [5.41, 5.74) is 6.07. The maximum Gasteiger partial charge on any atom is 0.323 e. The fraction of sp³-hybridized carbons (Fsp3) is 0.138. The lowest BCUT2D eigenvalue weighted by Crippen LogP contribution is -2.52. The quantitative estimate of drug-likeness (QED) is 0.327. The number of carbonyl (C=O) groups is 1. The van der Waals surface area contributed by atoms with Crippen LogP contribution in [0, 0.1) is 0 Å². The lowest BCUT2D eigenvalue weighted by Gasteiger charge is -2.37. The highest BCUT2D eigenvalue weighted by Gasteiger charge is 2.46. The summed E-state index contributed by atoms with van der Waals surface area (Å²) in [5.74, 6) is -0.289. The second kappa shape index (κ2) is 8.97. The first-order valence-corrected chi connectivity index (χ1v) is 11.8. The summed E-state index contributed by atoms with van der Waals surface area (Å²) in [7, 11) is 1.45. The molecule has 0 aliphatic heterocycles. The van der Waals surface area contributed by atoms with Gasteiger partial charge >= 0.3 is 5.97 Å². The number of hydrogen-bond acceptors (Lipinski definition) is 3. The topological polar surface area (TPSA) is 38.3 Å². The van der Waals surface area contributed by atoms with Crippen LogP contribution < -0.4 is 5.32 Å². The van der Waals surface area contributed by atoms with E-state index in [0.717, 1.165) is 26.7 Å². The predicted molar refractivity (Wildman–Crippen MR) is 135 cm³/mol. The van der Waals surface area contributed by atoms with Gasteiger partial charge in [0.05, 0.1) is 12.6 Å². The molecule has 0 radical (unpaired) electrons. The summed E-state index contributed by atoms with van der Waals surface area (Å²) in [5, 5.41) is 3.79. The van der Waals surface area contributed by atoms with Gasteiger partial charge in [-0.05, 0) is 45.9 Å². The highest BCUT2D eigenvalue weighted by Crippen LogP contribution is 2.51. The largest absolute Gasteiger partial charge is 0.468 e. The normalized spacial score (nSPS) is 14.2. The Balaban J connectivity index is 1.71. The zero-order chi connectivity index (χ0) is 22.8. The van der Waals surface area contributed by atoms with E-state index in [2.05, 4.69) is 81.9 Å². The molecule has 1 unspecified atom stereocenters. The minimum absolute atomic E-state index is 0.289. The molecule has 0 bridgehead atoms. The molecule has 4 heteroatoms. The van der Waals surface area contributed by atoms with E-state index in [1.54, 1.807) is 0 Å². The SMILES string of the molecule is COC(=O)C(Cc1ccccc1Br)NC1(c2ccccc2)c2ccccc2-c2ccccc21. The van der Waals surface area contributed by atoms with Crippen LogP contribution in [0.25, 0.3) is 11.1 Å². The van der Waals surface area contributed by atoms with E-state index in [1.807, 2.05) is 42.5 Å². The third kappa shape index (κ3) is 3.69. The van der Waals surface area contributed by atoms with Crippen molar-refractivity contribution in [1.82, 2.24) is 5.32 Å². The second-order valence-electron chi connectivity index (χ2n) is 8.22. The Morgan fingerprint density at radius 3 is 1.97 bits per heavy atom. The lowest BCUT2D eigenvalue weighted by atomic mass is 9.79. The van der Waals surface area contributed by atoms with Crippen LogP contribution in [-0.2, 0) is 21.5 Å². The number of rotatable bonds is 6. The summed E-state index contributed by atoms with van der Waals surface area (Å²) >= 11 is 3.64. The molecule has 164 valence electrons. The molecule has 1 atom stereocenters. The third-order valence-electron chi connectivity index (χ3n) is 6.42. The molecule has 0 heterocycles. The number of benzene rings is 4. The first kappa shape index (κ1) is 21.6. The second-order valence-corrected chi connectivity index (χ2v) is 9.08. The number of carbonyl (C=O) groups excluding carboxylic acids is 1. The van der Waals surface area contributed by atoms with Crippen LogP contribution in [0.1, 0.15) is 22.3 Å².